The zero-order valence-corrected chi connectivity index (χ0v) is 15.2. The summed E-state index contributed by atoms with van der Waals surface area (Å²) in [6, 6.07) is 15.6. The summed E-state index contributed by atoms with van der Waals surface area (Å²) in [5.41, 5.74) is 9.15. The van der Waals surface area contributed by atoms with Gasteiger partial charge in [0.2, 0.25) is 0 Å². The molecule has 4 aromatic rings. The van der Waals surface area contributed by atoms with Gasteiger partial charge >= 0.3 is 5.97 Å². The lowest BCUT2D eigenvalue weighted by atomic mass is 10.1. The van der Waals surface area contributed by atoms with E-state index in [2.05, 4.69) is 9.97 Å². The van der Waals surface area contributed by atoms with Crippen LogP contribution in [0.4, 0.5) is 0 Å². The number of aromatic nitrogens is 2. The molecule has 0 saturated carbocycles. The monoisotopic (exact) mass is 379 g/mol. The number of pyridine rings is 1. The minimum absolute atomic E-state index is 0. The molecule has 0 aliphatic carbocycles. The first-order valence-electron chi connectivity index (χ1n) is 8.27. The van der Waals surface area contributed by atoms with Crippen molar-refractivity contribution in [1.29, 1.82) is 0 Å². The van der Waals surface area contributed by atoms with Crippen LogP contribution in [0.5, 0.6) is 0 Å². The van der Waals surface area contributed by atoms with Gasteiger partial charge in [-0.05, 0) is 17.7 Å². The number of halogens is 1. The van der Waals surface area contributed by atoms with E-state index in [1.54, 1.807) is 12.3 Å². The van der Waals surface area contributed by atoms with Crippen LogP contribution in [0.3, 0.4) is 0 Å². The van der Waals surface area contributed by atoms with Crippen LogP contribution >= 0.6 is 12.4 Å². The Morgan fingerprint density at radius 2 is 1.89 bits per heavy atom. The molecule has 5 nitrogen and oxygen atoms in total. The molecular weight excluding hydrogens is 362 g/mol. The van der Waals surface area contributed by atoms with E-state index in [1.807, 2.05) is 54.6 Å². The Balaban J connectivity index is 0.00000210. The van der Waals surface area contributed by atoms with Crippen LogP contribution in [0.15, 0.2) is 54.7 Å². The number of hydrogen-bond donors (Lipinski definition) is 3. The second-order valence-electron chi connectivity index (χ2n) is 6.05. The Morgan fingerprint density at radius 1 is 1.11 bits per heavy atom. The lowest BCUT2D eigenvalue weighted by Crippen LogP contribution is -2.05. The van der Waals surface area contributed by atoms with Crippen molar-refractivity contribution in [3.05, 3.63) is 77.2 Å². The lowest BCUT2D eigenvalue weighted by Gasteiger charge is -2.02. The summed E-state index contributed by atoms with van der Waals surface area (Å²) in [5, 5.41) is 12.0. The molecule has 0 fully saturated rings. The van der Waals surface area contributed by atoms with Gasteiger partial charge in [-0.3, -0.25) is 4.98 Å². The lowest BCUT2D eigenvalue weighted by molar-refractivity contribution is 0.0698. The number of nitrogens with one attached hydrogen (secondary N) is 1. The fraction of sp³-hybridized carbons (Fsp3) is 0.0476. The van der Waals surface area contributed by atoms with Crippen molar-refractivity contribution in [3.63, 3.8) is 0 Å². The molecule has 0 atom stereocenters. The summed E-state index contributed by atoms with van der Waals surface area (Å²) in [6.45, 7) is 0.143. The van der Waals surface area contributed by atoms with Crippen molar-refractivity contribution in [1.82, 2.24) is 9.97 Å². The van der Waals surface area contributed by atoms with Crippen LogP contribution in [0.1, 0.15) is 27.3 Å². The highest BCUT2D eigenvalue weighted by Crippen LogP contribution is 2.30. The second-order valence-corrected chi connectivity index (χ2v) is 6.05. The smallest absolute Gasteiger partial charge is 0.338 e. The van der Waals surface area contributed by atoms with Crippen LogP contribution < -0.4 is 5.73 Å². The van der Waals surface area contributed by atoms with Gasteiger partial charge in [-0.2, -0.15) is 0 Å². The van der Waals surface area contributed by atoms with E-state index in [1.165, 1.54) is 0 Å². The highest BCUT2D eigenvalue weighted by Gasteiger charge is 2.18. The topological polar surface area (TPSA) is 92.0 Å². The molecule has 27 heavy (non-hydrogen) atoms. The number of carbonyl (C=O) groups is 1. The Labute approximate surface area is 161 Å². The largest absolute Gasteiger partial charge is 0.478 e. The Bertz CT molecular complexity index is 1150. The van der Waals surface area contributed by atoms with Gasteiger partial charge in [-0.25, -0.2) is 4.79 Å². The standard InChI is InChI=1S/C21H17N3O2.ClH/c22-11-18-19(21(25)26)16-9-7-14-12-23-15(10-17(14)20(16)24-18)8-6-13-4-2-1-3-5-13;/h1-10,12,24H,11,22H2,(H,25,26);1H/b8-6+;. The van der Waals surface area contributed by atoms with Crippen LogP contribution in [-0.4, -0.2) is 21.0 Å². The van der Waals surface area contributed by atoms with Crippen LogP contribution in [-0.2, 0) is 6.54 Å². The number of H-pyrrole nitrogens is 1. The third-order valence-corrected chi connectivity index (χ3v) is 4.44. The van der Waals surface area contributed by atoms with Gasteiger partial charge in [-0.15, -0.1) is 12.4 Å². The number of carboxylic acids is 1. The number of aromatic carboxylic acids is 1. The number of benzene rings is 2. The molecule has 0 aliphatic rings. The van der Waals surface area contributed by atoms with Gasteiger partial charge in [0.15, 0.2) is 0 Å². The number of carboxylic acid groups (broad SMARTS) is 1. The zero-order valence-electron chi connectivity index (χ0n) is 14.3. The Kier molecular flexibility index (Phi) is 5.26. The molecule has 136 valence electrons. The van der Waals surface area contributed by atoms with Gasteiger partial charge in [-0.1, -0.05) is 48.5 Å². The number of rotatable bonds is 4. The third kappa shape index (κ3) is 3.43. The SMILES string of the molecule is Cl.NCc1[nH]c2c(ccc3cnc(/C=C/c4ccccc4)cc32)c1C(=O)O. The van der Waals surface area contributed by atoms with Gasteiger partial charge in [0.1, 0.15) is 0 Å². The molecule has 0 saturated heterocycles. The summed E-state index contributed by atoms with van der Waals surface area (Å²) in [5.74, 6) is -0.977. The quantitative estimate of drug-likeness (QED) is 0.488. The normalized spacial score (nSPS) is 11.1. The zero-order chi connectivity index (χ0) is 18.1. The van der Waals surface area contributed by atoms with Gasteiger partial charge < -0.3 is 15.8 Å². The minimum Gasteiger partial charge on any atom is -0.478 e. The Morgan fingerprint density at radius 3 is 2.59 bits per heavy atom. The summed E-state index contributed by atoms with van der Waals surface area (Å²) in [7, 11) is 0. The van der Waals surface area contributed by atoms with Crippen molar-refractivity contribution in [2.24, 2.45) is 5.73 Å². The maximum absolute atomic E-state index is 11.6. The van der Waals surface area contributed by atoms with Gasteiger partial charge in [0.05, 0.1) is 16.8 Å². The third-order valence-electron chi connectivity index (χ3n) is 4.44. The van der Waals surface area contributed by atoms with E-state index >= 15 is 0 Å². The van der Waals surface area contributed by atoms with Crippen LogP contribution in [0.2, 0.25) is 0 Å². The molecule has 2 heterocycles. The number of nitrogens with two attached hydrogens (primary N) is 1. The summed E-state index contributed by atoms with van der Waals surface area (Å²) in [6.07, 6.45) is 5.73. The van der Waals surface area contributed by atoms with Crippen LogP contribution in [0.25, 0.3) is 33.8 Å². The fourth-order valence-electron chi connectivity index (χ4n) is 3.19. The van der Waals surface area contributed by atoms with E-state index < -0.39 is 5.97 Å². The van der Waals surface area contributed by atoms with Crippen LogP contribution in [0, 0.1) is 0 Å². The summed E-state index contributed by atoms with van der Waals surface area (Å²) < 4.78 is 0. The maximum Gasteiger partial charge on any atom is 0.338 e. The molecule has 6 heteroatoms. The van der Waals surface area contributed by atoms with E-state index in [4.69, 9.17) is 5.73 Å². The number of hydrogen-bond acceptors (Lipinski definition) is 3. The van der Waals surface area contributed by atoms with Crippen molar-refractivity contribution < 1.29 is 9.90 Å². The molecule has 0 radical (unpaired) electrons. The number of aromatic amines is 1. The van der Waals surface area contributed by atoms with Crippen molar-refractivity contribution >= 4 is 52.2 Å². The molecule has 4 N–H and O–H groups in total. The molecule has 0 unspecified atom stereocenters. The average molecular weight is 380 g/mol. The highest BCUT2D eigenvalue weighted by molar-refractivity contribution is 6.13. The average Bonchev–Trinajstić information content (AvgIpc) is 3.06. The second kappa shape index (κ2) is 7.61. The molecule has 0 amide bonds. The number of fused-ring (bicyclic) bond motifs is 3. The first-order valence-corrected chi connectivity index (χ1v) is 8.27. The molecule has 0 bridgehead atoms. The highest BCUT2D eigenvalue weighted by atomic mass is 35.5. The van der Waals surface area contributed by atoms with E-state index in [0.29, 0.717) is 11.1 Å². The minimum atomic E-state index is -0.977. The van der Waals surface area contributed by atoms with E-state index in [-0.39, 0.29) is 24.5 Å². The van der Waals surface area contributed by atoms with Crippen molar-refractivity contribution in [2.75, 3.05) is 0 Å². The predicted molar refractivity (Wildman–Crippen MR) is 111 cm³/mol. The molecule has 4 rings (SSSR count). The van der Waals surface area contributed by atoms with Crippen molar-refractivity contribution in [3.8, 4) is 0 Å². The Hall–Kier alpha value is -3.15. The van der Waals surface area contributed by atoms with Gasteiger partial charge in [0, 0.05) is 34.6 Å². The number of nitrogens with zero attached hydrogens (tertiary/aromatic N) is 1. The first kappa shape index (κ1) is 18.6. The predicted octanol–water partition coefficient (Wildman–Crippen LogP) is 4.47. The maximum atomic E-state index is 11.6. The van der Waals surface area contributed by atoms with E-state index in [0.717, 1.165) is 27.5 Å². The van der Waals surface area contributed by atoms with Crippen molar-refractivity contribution in [2.45, 2.75) is 6.54 Å². The summed E-state index contributed by atoms with van der Waals surface area (Å²) in [4.78, 5) is 19.3. The van der Waals surface area contributed by atoms with Gasteiger partial charge in [0.25, 0.3) is 0 Å². The first-order chi connectivity index (χ1) is 12.7. The molecule has 0 aliphatic heterocycles. The van der Waals surface area contributed by atoms with E-state index in [9.17, 15) is 9.90 Å². The molecule has 2 aromatic carbocycles. The molecule has 2 aromatic heterocycles. The molecular formula is C21H18ClN3O2. The molecule has 0 spiro atoms. The summed E-state index contributed by atoms with van der Waals surface area (Å²) >= 11 is 0. The fourth-order valence-corrected chi connectivity index (χ4v) is 3.19.